The Balaban J connectivity index is 2.62. The number of hydrogen-bond acceptors (Lipinski definition) is 4. The molecule has 0 aromatic heterocycles. The molecule has 0 aliphatic rings. The second-order valence-corrected chi connectivity index (χ2v) is 4.01. The van der Waals surface area contributed by atoms with Gasteiger partial charge in [0.15, 0.2) is 11.6 Å². The second-order valence-electron chi connectivity index (χ2n) is 4.01. The zero-order valence-electron chi connectivity index (χ0n) is 11.2. The van der Waals surface area contributed by atoms with Crippen molar-refractivity contribution in [2.75, 3.05) is 20.8 Å². The van der Waals surface area contributed by atoms with Gasteiger partial charge in [-0.25, -0.2) is 4.39 Å². The number of amides is 1. The molecule has 20 heavy (non-hydrogen) atoms. The maximum Gasteiger partial charge on any atom is 0.306 e. The van der Waals surface area contributed by atoms with E-state index in [9.17, 15) is 14.0 Å². The quantitative estimate of drug-likeness (QED) is 0.782. The van der Waals surface area contributed by atoms with Gasteiger partial charge in [-0.05, 0) is 18.2 Å². The predicted molar refractivity (Wildman–Crippen MR) is 68.3 cm³/mol. The van der Waals surface area contributed by atoms with Crippen molar-refractivity contribution in [2.45, 2.75) is 12.5 Å². The molecule has 1 rings (SSSR count). The van der Waals surface area contributed by atoms with Crippen LogP contribution in [0.2, 0.25) is 0 Å². The van der Waals surface area contributed by atoms with Crippen LogP contribution in [0, 0.1) is 5.82 Å². The summed E-state index contributed by atoms with van der Waals surface area (Å²) in [5.74, 6) is -2.14. The Morgan fingerprint density at radius 3 is 2.60 bits per heavy atom. The molecule has 1 amide bonds. The van der Waals surface area contributed by atoms with Gasteiger partial charge in [0.25, 0.3) is 5.91 Å². The van der Waals surface area contributed by atoms with E-state index >= 15 is 0 Å². The molecule has 0 saturated carbocycles. The number of aliphatic carboxylic acids is 1. The minimum atomic E-state index is -1.03. The van der Waals surface area contributed by atoms with Gasteiger partial charge in [-0.3, -0.25) is 9.59 Å². The van der Waals surface area contributed by atoms with Crippen molar-refractivity contribution < 1.29 is 28.6 Å². The van der Waals surface area contributed by atoms with Gasteiger partial charge in [0, 0.05) is 19.2 Å². The van der Waals surface area contributed by atoms with E-state index in [1.807, 2.05) is 0 Å². The Hall–Kier alpha value is -2.15. The van der Waals surface area contributed by atoms with Crippen LogP contribution in [0.4, 0.5) is 4.39 Å². The number of halogens is 1. The van der Waals surface area contributed by atoms with Gasteiger partial charge in [0.05, 0.1) is 19.6 Å². The molecule has 0 aliphatic carbocycles. The lowest BCUT2D eigenvalue weighted by molar-refractivity contribution is -0.139. The highest BCUT2D eigenvalue weighted by Crippen LogP contribution is 2.17. The first-order valence-corrected chi connectivity index (χ1v) is 5.84. The van der Waals surface area contributed by atoms with Crippen LogP contribution < -0.4 is 10.1 Å². The van der Waals surface area contributed by atoms with Crippen LogP contribution in [0.3, 0.4) is 0 Å². The summed E-state index contributed by atoms with van der Waals surface area (Å²) in [5, 5.41) is 11.1. The van der Waals surface area contributed by atoms with E-state index in [1.54, 1.807) is 0 Å². The maximum atomic E-state index is 13.4. The van der Waals surface area contributed by atoms with Gasteiger partial charge in [-0.15, -0.1) is 0 Å². The van der Waals surface area contributed by atoms with E-state index < -0.39 is 23.8 Å². The highest BCUT2D eigenvalue weighted by Gasteiger charge is 2.15. The SMILES string of the molecule is COc1ccc(C(=O)NCC(CC(=O)O)OC)cc1F. The average molecular weight is 285 g/mol. The van der Waals surface area contributed by atoms with Crippen LogP contribution >= 0.6 is 0 Å². The fraction of sp³-hybridized carbons (Fsp3) is 0.385. The zero-order valence-corrected chi connectivity index (χ0v) is 11.2. The highest BCUT2D eigenvalue weighted by molar-refractivity contribution is 5.94. The van der Waals surface area contributed by atoms with Crippen molar-refractivity contribution in [1.82, 2.24) is 5.32 Å². The van der Waals surface area contributed by atoms with E-state index in [-0.39, 0.29) is 24.3 Å². The summed E-state index contributed by atoms with van der Waals surface area (Å²) in [6, 6.07) is 3.80. The lowest BCUT2D eigenvalue weighted by Gasteiger charge is -2.14. The molecule has 1 atom stereocenters. The van der Waals surface area contributed by atoms with Crippen molar-refractivity contribution in [1.29, 1.82) is 0 Å². The third-order valence-electron chi connectivity index (χ3n) is 2.64. The van der Waals surface area contributed by atoms with Gasteiger partial charge in [-0.2, -0.15) is 0 Å². The molecule has 7 heteroatoms. The van der Waals surface area contributed by atoms with Crippen molar-refractivity contribution in [3.8, 4) is 5.75 Å². The van der Waals surface area contributed by atoms with Gasteiger partial charge in [-0.1, -0.05) is 0 Å². The molecule has 0 spiro atoms. The van der Waals surface area contributed by atoms with Crippen LogP contribution in [-0.2, 0) is 9.53 Å². The number of carboxylic acids is 1. The van der Waals surface area contributed by atoms with Crippen molar-refractivity contribution in [2.24, 2.45) is 0 Å². The molecule has 2 N–H and O–H groups in total. The number of hydrogen-bond donors (Lipinski definition) is 2. The first-order chi connectivity index (χ1) is 9.47. The standard InChI is InChI=1S/C13H16FNO5/c1-19-9(6-12(16)17)7-15-13(18)8-3-4-11(20-2)10(14)5-8/h3-5,9H,6-7H2,1-2H3,(H,15,18)(H,16,17). The Bertz CT molecular complexity index is 492. The first kappa shape index (κ1) is 15.9. The second kappa shape index (κ2) is 7.44. The summed E-state index contributed by atoms with van der Waals surface area (Å²) in [6.07, 6.45) is -0.868. The minimum Gasteiger partial charge on any atom is -0.494 e. The molecule has 1 aromatic carbocycles. The van der Waals surface area contributed by atoms with Crippen molar-refractivity contribution in [3.63, 3.8) is 0 Å². The van der Waals surface area contributed by atoms with Crippen molar-refractivity contribution in [3.05, 3.63) is 29.6 Å². The van der Waals surface area contributed by atoms with Crippen LogP contribution in [-0.4, -0.2) is 43.9 Å². The van der Waals surface area contributed by atoms with Gasteiger partial charge in [0.2, 0.25) is 0 Å². The Kier molecular flexibility index (Phi) is 5.92. The lowest BCUT2D eigenvalue weighted by atomic mass is 10.2. The average Bonchev–Trinajstić information content (AvgIpc) is 2.42. The molecule has 0 aliphatic heterocycles. The Labute approximate surface area is 115 Å². The monoisotopic (exact) mass is 285 g/mol. The van der Waals surface area contributed by atoms with Crippen LogP contribution in [0.25, 0.3) is 0 Å². The summed E-state index contributed by atoms with van der Waals surface area (Å²) in [5.41, 5.74) is 0.119. The van der Waals surface area contributed by atoms with Gasteiger partial charge in [0.1, 0.15) is 0 Å². The molecule has 0 radical (unpaired) electrons. The van der Waals surface area contributed by atoms with E-state index in [2.05, 4.69) is 5.32 Å². The van der Waals surface area contributed by atoms with Crippen LogP contribution in [0.15, 0.2) is 18.2 Å². The van der Waals surface area contributed by atoms with E-state index in [4.69, 9.17) is 14.6 Å². The number of rotatable bonds is 7. The van der Waals surface area contributed by atoms with E-state index in [0.29, 0.717) is 0 Å². The summed E-state index contributed by atoms with van der Waals surface area (Å²) >= 11 is 0. The summed E-state index contributed by atoms with van der Waals surface area (Å²) in [7, 11) is 2.68. The minimum absolute atomic E-state index is 0.0231. The lowest BCUT2D eigenvalue weighted by Crippen LogP contribution is -2.34. The molecule has 0 fully saturated rings. The normalized spacial score (nSPS) is 11.8. The number of methoxy groups -OCH3 is 2. The predicted octanol–water partition coefficient (Wildman–Crippen LogP) is 1.05. The summed E-state index contributed by atoms with van der Waals surface area (Å²) in [4.78, 5) is 22.3. The Morgan fingerprint density at radius 1 is 1.40 bits per heavy atom. The topological polar surface area (TPSA) is 84.9 Å². The number of carboxylic acid groups (broad SMARTS) is 1. The fourth-order valence-corrected chi connectivity index (χ4v) is 1.55. The molecule has 110 valence electrons. The number of benzene rings is 1. The van der Waals surface area contributed by atoms with Crippen LogP contribution in [0.5, 0.6) is 5.75 Å². The number of nitrogens with one attached hydrogen (secondary N) is 1. The molecule has 0 bridgehead atoms. The molecular formula is C13H16FNO5. The smallest absolute Gasteiger partial charge is 0.306 e. The highest BCUT2D eigenvalue weighted by atomic mass is 19.1. The molecule has 6 nitrogen and oxygen atoms in total. The molecular weight excluding hydrogens is 269 g/mol. The summed E-state index contributed by atoms with van der Waals surface area (Å²) < 4.78 is 23.1. The Morgan fingerprint density at radius 2 is 2.10 bits per heavy atom. The third kappa shape index (κ3) is 4.51. The number of carbonyl (C=O) groups is 2. The van der Waals surface area contributed by atoms with Crippen molar-refractivity contribution >= 4 is 11.9 Å². The molecule has 0 saturated heterocycles. The fourth-order valence-electron chi connectivity index (χ4n) is 1.55. The van der Waals surface area contributed by atoms with E-state index in [1.165, 1.54) is 26.4 Å². The number of ether oxygens (including phenoxy) is 2. The molecule has 0 heterocycles. The first-order valence-electron chi connectivity index (χ1n) is 5.84. The van der Waals surface area contributed by atoms with Crippen LogP contribution in [0.1, 0.15) is 16.8 Å². The number of carbonyl (C=O) groups excluding carboxylic acids is 1. The van der Waals surface area contributed by atoms with E-state index in [0.717, 1.165) is 6.07 Å². The largest absolute Gasteiger partial charge is 0.494 e. The summed E-state index contributed by atoms with van der Waals surface area (Å²) in [6.45, 7) is 0.0231. The molecule has 1 aromatic rings. The maximum absolute atomic E-state index is 13.4. The molecule has 1 unspecified atom stereocenters. The van der Waals surface area contributed by atoms with Gasteiger partial charge >= 0.3 is 5.97 Å². The van der Waals surface area contributed by atoms with Gasteiger partial charge < -0.3 is 19.9 Å². The zero-order chi connectivity index (χ0) is 15.1. The third-order valence-corrected chi connectivity index (χ3v) is 2.64.